The lowest BCUT2D eigenvalue weighted by atomic mass is 9.98. The molecule has 2 aromatic carbocycles. The maximum atomic E-state index is 12.7. The van der Waals surface area contributed by atoms with Gasteiger partial charge in [-0.05, 0) is 56.0 Å². The van der Waals surface area contributed by atoms with Gasteiger partial charge in [0.15, 0.2) is 11.5 Å². The van der Waals surface area contributed by atoms with Crippen molar-refractivity contribution in [1.29, 1.82) is 0 Å². The Morgan fingerprint density at radius 1 is 1.00 bits per heavy atom. The minimum absolute atomic E-state index is 0.173. The van der Waals surface area contributed by atoms with Crippen molar-refractivity contribution >= 4 is 5.91 Å². The lowest BCUT2D eigenvalue weighted by Crippen LogP contribution is -2.37. The fourth-order valence-corrected chi connectivity index (χ4v) is 3.31. The number of fused-ring (bicyclic) bond motifs is 1. The highest BCUT2D eigenvalue weighted by atomic mass is 16.5. The lowest BCUT2D eigenvalue weighted by molar-refractivity contribution is -0.131. The molecule has 0 saturated carbocycles. The number of ether oxygens (including phenoxy) is 2. The van der Waals surface area contributed by atoms with E-state index in [9.17, 15) is 4.79 Å². The molecule has 0 aliphatic carbocycles. The zero-order valence-corrected chi connectivity index (χ0v) is 15.9. The molecule has 0 aromatic heterocycles. The van der Waals surface area contributed by atoms with Crippen molar-refractivity contribution in [2.75, 3.05) is 19.8 Å². The second-order valence-electron chi connectivity index (χ2n) is 6.66. The molecule has 0 bridgehead atoms. The largest absolute Gasteiger partial charge is 0.490 e. The highest BCUT2D eigenvalue weighted by Gasteiger charge is 2.23. The van der Waals surface area contributed by atoms with Crippen molar-refractivity contribution in [1.82, 2.24) is 4.90 Å². The Bertz CT molecular complexity index is 768. The first-order chi connectivity index (χ1) is 12.6. The second-order valence-corrected chi connectivity index (χ2v) is 6.66. The number of nitrogens with zero attached hydrogens (tertiary/aromatic N) is 1. The minimum Gasteiger partial charge on any atom is -0.490 e. The summed E-state index contributed by atoms with van der Waals surface area (Å²) >= 11 is 0. The fourth-order valence-electron chi connectivity index (χ4n) is 3.31. The number of hydrogen-bond acceptors (Lipinski definition) is 3. The van der Waals surface area contributed by atoms with Gasteiger partial charge in [0.1, 0.15) is 0 Å². The first-order valence-corrected chi connectivity index (χ1v) is 9.35. The van der Waals surface area contributed by atoms with Crippen LogP contribution in [0.25, 0.3) is 0 Å². The average Bonchev–Trinajstić information content (AvgIpc) is 2.64. The molecule has 4 heteroatoms. The van der Waals surface area contributed by atoms with Gasteiger partial charge in [-0.25, -0.2) is 0 Å². The Balaban J connectivity index is 1.74. The molecule has 1 aliphatic heterocycles. The van der Waals surface area contributed by atoms with Crippen LogP contribution < -0.4 is 9.47 Å². The van der Waals surface area contributed by atoms with Gasteiger partial charge in [-0.1, -0.05) is 29.8 Å². The van der Waals surface area contributed by atoms with Crippen LogP contribution in [0.2, 0.25) is 0 Å². The molecule has 26 heavy (non-hydrogen) atoms. The SMILES string of the molecule is CCOc1cc2c(cc1OCC)CN(C(=O)Cc1ccc(C)cc1)CC2. The van der Waals surface area contributed by atoms with Gasteiger partial charge in [0, 0.05) is 13.1 Å². The molecule has 2 aromatic rings. The van der Waals surface area contributed by atoms with Crippen LogP contribution >= 0.6 is 0 Å². The predicted molar refractivity (Wildman–Crippen MR) is 103 cm³/mol. The molecule has 138 valence electrons. The van der Waals surface area contributed by atoms with E-state index in [-0.39, 0.29) is 5.91 Å². The molecule has 1 heterocycles. The van der Waals surface area contributed by atoms with Crippen molar-refractivity contribution in [3.8, 4) is 11.5 Å². The van der Waals surface area contributed by atoms with Crippen LogP contribution in [0.3, 0.4) is 0 Å². The third-order valence-electron chi connectivity index (χ3n) is 4.71. The van der Waals surface area contributed by atoms with Crippen LogP contribution in [0, 0.1) is 6.92 Å². The van der Waals surface area contributed by atoms with Crippen molar-refractivity contribution in [3.63, 3.8) is 0 Å². The minimum atomic E-state index is 0.173. The number of hydrogen-bond donors (Lipinski definition) is 0. The number of aryl methyl sites for hydroxylation is 1. The van der Waals surface area contributed by atoms with Gasteiger partial charge in [0.25, 0.3) is 0 Å². The Hall–Kier alpha value is -2.49. The van der Waals surface area contributed by atoms with E-state index in [1.807, 2.05) is 36.9 Å². The Kier molecular flexibility index (Phi) is 5.82. The molecule has 0 radical (unpaired) electrons. The van der Waals surface area contributed by atoms with Crippen LogP contribution in [0.5, 0.6) is 11.5 Å². The highest BCUT2D eigenvalue weighted by molar-refractivity contribution is 5.79. The molecule has 0 saturated heterocycles. The van der Waals surface area contributed by atoms with Gasteiger partial charge < -0.3 is 14.4 Å². The highest BCUT2D eigenvalue weighted by Crippen LogP contribution is 2.34. The molecule has 4 nitrogen and oxygen atoms in total. The second kappa shape index (κ2) is 8.26. The average molecular weight is 353 g/mol. The first-order valence-electron chi connectivity index (χ1n) is 9.35. The van der Waals surface area contributed by atoms with E-state index in [1.54, 1.807) is 0 Å². The van der Waals surface area contributed by atoms with Crippen LogP contribution in [0.15, 0.2) is 36.4 Å². The number of carbonyl (C=O) groups excluding carboxylic acids is 1. The van der Waals surface area contributed by atoms with Gasteiger partial charge in [0.05, 0.1) is 19.6 Å². The quantitative estimate of drug-likeness (QED) is 0.790. The summed E-state index contributed by atoms with van der Waals surface area (Å²) in [6, 6.07) is 12.3. The van der Waals surface area contributed by atoms with Gasteiger partial charge in [-0.2, -0.15) is 0 Å². The normalized spacial score (nSPS) is 13.3. The number of amides is 1. The molecular weight excluding hydrogens is 326 g/mol. The van der Waals surface area contributed by atoms with Crippen molar-refractivity contribution < 1.29 is 14.3 Å². The summed E-state index contributed by atoms with van der Waals surface area (Å²) in [6.45, 7) is 8.57. The monoisotopic (exact) mass is 353 g/mol. The van der Waals surface area contributed by atoms with E-state index >= 15 is 0 Å². The van der Waals surface area contributed by atoms with E-state index in [4.69, 9.17) is 9.47 Å². The van der Waals surface area contributed by atoms with Crippen LogP contribution in [0.4, 0.5) is 0 Å². The zero-order valence-electron chi connectivity index (χ0n) is 15.9. The van der Waals surface area contributed by atoms with E-state index in [0.717, 1.165) is 35.6 Å². The van der Waals surface area contributed by atoms with Gasteiger partial charge >= 0.3 is 0 Å². The predicted octanol–water partition coefficient (Wildman–Crippen LogP) is 3.92. The smallest absolute Gasteiger partial charge is 0.227 e. The summed E-state index contributed by atoms with van der Waals surface area (Å²) in [5.41, 5.74) is 4.67. The molecule has 0 spiro atoms. The van der Waals surface area contributed by atoms with Gasteiger partial charge in [-0.3, -0.25) is 4.79 Å². The van der Waals surface area contributed by atoms with E-state index in [0.29, 0.717) is 26.2 Å². The number of rotatable bonds is 6. The zero-order chi connectivity index (χ0) is 18.5. The molecule has 0 fully saturated rings. The van der Waals surface area contributed by atoms with Crippen LogP contribution in [-0.2, 0) is 24.2 Å². The van der Waals surface area contributed by atoms with Gasteiger partial charge in [-0.15, -0.1) is 0 Å². The first kappa shape index (κ1) is 18.3. The summed E-state index contributed by atoms with van der Waals surface area (Å²) in [7, 11) is 0. The van der Waals surface area contributed by atoms with E-state index < -0.39 is 0 Å². The number of carbonyl (C=O) groups is 1. The molecule has 1 aliphatic rings. The summed E-state index contributed by atoms with van der Waals surface area (Å²) in [6.07, 6.45) is 1.30. The molecule has 1 amide bonds. The van der Waals surface area contributed by atoms with Crippen LogP contribution in [0.1, 0.15) is 36.1 Å². The fraction of sp³-hybridized carbons (Fsp3) is 0.409. The van der Waals surface area contributed by atoms with E-state index in [1.165, 1.54) is 11.1 Å². The summed E-state index contributed by atoms with van der Waals surface area (Å²) < 4.78 is 11.4. The van der Waals surface area contributed by atoms with E-state index in [2.05, 4.69) is 25.1 Å². The van der Waals surface area contributed by atoms with Crippen molar-refractivity contribution in [2.24, 2.45) is 0 Å². The summed E-state index contributed by atoms with van der Waals surface area (Å²) in [5.74, 6) is 1.74. The lowest BCUT2D eigenvalue weighted by Gasteiger charge is -2.30. The Morgan fingerprint density at radius 3 is 2.23 bits per heavy atom. The summed E-state index contributed by atoms with van der Waals surface area (Å²) in [5, 5.41) is 0. The Labute approximate surface area is 155 Å². The van der Waals surface area contributed by atoms with Gasteiger partial charge in [0.2, 0.25) is 5.91 Å². The maximum absolute atomic E-state index is 12.7. The topological polar surface area (TPSA) is 38.8 Å². The number of benzene rings is 2. The van der Waals surface area contributed by atoms with Crippen molar-refractivity contribution in [2.45, 2.75) is 40.2 Å². The maximum Gasteiger partial charge on any atom is 0.227 e. The molecule has 0 unspecified atom stereocenters. The molecule has 0 atom stereocenters. The standard InChI is InChI=1S/C22H27NO3/c1-4-25-20-13-18-10-11-23(15-19(18)14-21(20)26-5-2)22(24)12-17-8-6-16(3)7-9-17/h6-9,13-14H,4-5,10-12,15H2,1-3H3. The third-order valence-corrected chi connectivity index (χ3v) is 4.71. The van der Waals surface area contributed by atoms with Crippen LogP contribution in [-0.4, -0.2) is 30.6 Å². The summed E-state index contributed by atoms with van der Waals surface area (Å²) in [4.78, 5) is 14.7. The Morgan fingerprint density at radius 2 is 1.62 bits per heavy atom. The molecule has 0 N–H and O–H groups in total. The third kappa shape index (κ3) is 4.18. The molecule has 3 rings (SSSR count). The van der Waals surface area contributed by atoms with Crippen molar-refractivity contribution in [3.05, 3.63) is 58.7 Å². The molecular formula is C22H27NO3.